The zero-order valence-corrected chi connectivity index (χ0v) is 22.5. The van der Waals surface area contributed by atoms with Crippen molar-refractivity contribution in [3.8, 4) is 0 Å². The second kappa shape index (κ2) is 8.00. The maximum atomic E-state index is 4.10. The number of hydrogen-bond donors (Lipinski definition) is 2. The molecular weight excluding hydrogens is 474 g/mol. The molecule has 1 atom stereocenters. The minimum atomic E-state index is -0.0930. The van der Waals surface area contributed by atoms with E-state index in [1.54, 1.807) is 0 Å². The van der Waals surface area contributed by atoms with Crippen molar-refractivity contribution in [3.63, 3.8) is 0 Å². The fraction of sp³-hybridized carbons (Fsp3) is 0.167. The van der Waals surface area contributed by atoms with Crippen LogP contribution in [0.25, 0.3) is 44.0 Å². The molecule has 2 N–H and O–H groups in total. The van der Waals surface area contributed by atoms with Gasteiger partial charge < -0.3 is 10.6 Å². The molecule has 0 bridgehead atoms. The Morgan fingerprint density at radius 2 is 1.56 bits per heavy atom. The summed E-state index contributed by atoms with van der Waals surface area (Å²) in [5.74, 6) is 1.17. The number of nitrogens with zero attached hydrogens (tertiary/aromatic N) is 1. The SMILES string of the molecule is CC1=C(n2c3ccccc3c3cc4ccccc4cc32)NC(C2=CCNC=C2)C2=C1C(C)(C)c1ccccc12. The smallest absolute Gasteiger partial charge is 0.115 e. The maximum Gasteiger partial charge on any atom is 0.115 e. The van der Waals surface area contributed by atoms with Crippen LogP contribution in [-0.4, -0.2) is 17.2 Å². The molecule has 0 radical (unpaired) electrons. The van der Waals surface area contributed by atoms with Crippen LogP contribution in [0.15, 0.2) is 120 Å². The summed E-state index contributed by atoms with van der Waals surface area (Å²) in [6, 6.07) is 31.3. The molecule has 39 heavy (non-hydrogen) atoms. The molecule has 3 nitrogen and oxygen atoms in total. The van der Waals surface area contributed by atoms with Crippen molar-refractivity contribution in [2.45, 2.75) is 32.2 Å². The quantitative estimate of drug-likeness (QED) is 0.255. The number of aromatic nitrogens is 1. The standard InChI is InChI=1S/C36H31N3/c1-22-33-32(27-13-6-8-14-29(27)36(33,2)3)34(23-16-18-37-19-17-23)38-35(22)39-30-15-9-7-12-26(30)28-20-24-10-4-5-11-25(24)21-31(28)39/h4-18,20-21,34,37-38H,19H2,1-3H3. The minimum absolute atomic E-state index is 0.0663. The van der Waals surface area contributed by atoms with Gasteiger partial charge in [-0.15, -0.1) is 0 Å². The lowest BCUT2D eigenvalue weighted by Crippen LogP contribution is -2.38. The van der Waals surface area contributed by atoms with Crippen molar-refractivity contribution >= 4 is 44.0 Å². The van der Waals surface area contributed by atoms with E-state index in [9.17, 15) is 0 Å². The van der Waals surface area contributed by atoms with Gasteiger partial charge in [-0.3, -0.25) is 4.57 Å². The molecule has 3 heterocycles. The fourth-order valence-electron chi connectivity index (χ4n) is 7.34. The molecule has 0 saturated carbocycles. The van der Waals surface area contributed by atoms with Crippen molar-refractivity contribution in [3.05, 3.63) is 131 Å². The van der Waals surface area contributed by atoms with E-state index in [0.717, 1.165) is 6.54 Å². The summed E-state index contributed by atoms with van der Waals surface area (Å²) in [5, 5.41) is 12.5. The molecule has 8 rings (SSSR count). The Labute approximate surface area is 228 Å². The van der Waals surface area contributed by atoms with Crippen LogP contribution in [0.1, 0.15) is 31.9 Å². The molecule has 4 aromatic carbocycles. The fourth-order valence-corrected chi connectivity index (χ4v) is 7.34. The molecule has 1 aromatic heterocycles. The molecule has 3 heteroatoms. The molecule has 5 aromatic rings. The Morgan fingerprint density at radius 3 is 2.38 bits per heavy atom. The summed E-state index contributed by atoms with van der Waals surface area (Å²) in [5.41, 5.74) is 10.6. The van der Waals surface area contributed by atoms with E-state index in [1.807, 2.05) is 0 Å². The largest absolute Gasteiger partial charge is 0.387 e. The highest BCUT2D eigenvalue weighted by atomic mass is 15.2. The van der Waals surface area contributed by atoms with E-state index >= 15 is 0 Å². The van der Waals surface area contributed by atoms with Crippen LogP contribution >= 0.6 is 0 Å². The summed E-state index contributed by atoms with van der Waals surface area (Å²) < 4.78 is 2.48. The molecule has 0 fully saturated rings. The third kappa shape index (κ3) is 3.04. The molecule has 0 amide bonds. The van der Waals surface area contributed by atoms with Crippen LogP contribution in [0.2, 0.25) is 0 Å². The van der Waals surface area contributed by atoms with Gasteiger partial charge in [-0.2, -0.15) is 0 Å². The zero-order valence-electron chi connectivity index (χ0n) is 22.5. The average molecular weight is 506 g/mol. The second-order valence-corrected chi connectivity index (χ2v) is 11.5. The van der Waals surface area contributed by atoms with Crippen LogP contribution < -0.4 is 10.6 Å². The van der Waals surface area contributed by atoms with E-state index in [-0.39, 0.29) is 11.5 Å². The number of para-hydroxylation sites is 1. The maximum absolute atomic E-state index is 4.10. The van der Waals surface area contributed by atoms with Crippen molar-refractivity contribution in [2.75, 3.05) is 6.54 Å². The van der Waals surface area contributed by atoms with Crippen molar-refractivity contribution in [1.29, 1.82) is 0 Å². The molecule has 1 aliphatic carbocycles. The van der Waals surface area contributed by atoms with Crippen LogP contribution in [0.4, 0.5) is 0 Å². The molecule has 3 aliphatic rings. The topological polar surface area (TPSA) is 29.0 Å². The highest BCUT2D eigenvalue weighted by molar-refractivity contribution is 6.14. The average Bonchev–Trinajstić information content (AvgIpc) is 3.41. The van der Waals surface area contributed by atoms with Crippen LogP contribution in [0.5, 0.6) is 0 Å². The van der Waals surface area contributed by atoms with Gasteiger partial charge in [-0.1, -0.05) is 86.7 Å². The third-order valence-corrected chi connectivity index (χ3v) is 9.03. The zero-order chi connectivity index (χ0) is 26.3. The Bertz CT molecular complexity index is 1980. The lowest BCUT2D eigenvalue weighted by molar-refractivity contribution is 0.635. The lowest BCUT2D eigenvalue weighted by atomic mass is 9.76. The summed E-state index contributed by atoms with van der Waals surface area (Å²) in [7, 11) is 0. The Balaban J connectivity index is 1.47. The van der Waals surface area contributed by atoms with Gasteiger partial charge in [0.15, 0.2) is 0 Å². The van der Waals surface area contributed by atoms with Gasteiger partial charge in [0, 0.05) is 22.7 Å². The van der Waals surface area contributed by atoms with Crippen molar-refractivity contribution in [1.82, 2.24) is 15.2 Å². The minimum Gasteiger partial charge on any atom is -0.387 e. The monoisotopic (exact) mass is 505 g/mol. The molecule has 1 unspecified atom stereocenters. The third-order valence-electron chi connectivity index (χ3n) is 9.03. The first kappa shape index (κ1) is 22.5. The Kier molecular flexibility index (Phi) is 4.61. The number of allylic oxidation sites excluding steroid dienone is 2. The normalized spacial score (nSPS) is 19.8. The van der Waals surface area contributed by atoms with E-state index < -0.39 is 0 Å². The first-order valence-corrected chi connectivity index (χ1v) is 13.9. The lowest BCUT2D eigenvalue weighted by Gasteiger charge is -2.36. The first-order chi connectivity index (χ1) is 19.0. The second-order valence-electron chi connectivity index (χ2n) is 11.5. The molecule has 190 valence electrons. The molecule has 0 saturated heterocycles. The van der Waals surface area contributed by atoms with Gasteiger partial charge in [0.1, 0.15) is 5.82 Å². The van der Waals surface area contributed by atoms with Gasteiger partial charge in [-0.25, -0.2) is 0 Å². The Morgan fingerprint density at radius 1 is 0.821 bits per heavy atom. The van der Waals surface area contributed by atoms with Gasteiger partial charge in [0.05, 0.1) is 17.1 Å². The highest BCUT2D eigenvalue weighted by Crippen LogP contribution is 2.54. The Hall–Kier alpha value is -4.50. The van der Waals surface area contributed by atoms with Gasteiger partial charge in [-0.05, 0) is 81.6 Å². The predicted octanol–water partition coefficient (Wildman–Crippen LogP) is 7.90. The number of hydrogen-bond acceptors (Lipinski definition) is 2. The number of rotatable bonds is 2. The van der Waals surface area contributed by atoms with Crippen LogP contribution in [-0.2, 0) is 5.41 Å². The van der Waals surface area contributed by atoms with E-state index in [4.69, 9.17) is 0 Å². The summed E-state index contributed by atoms with van der Waals surface area (Å²) in [4.78, 5) is 0. The van der Waals surface area contributed by atoms with E-state index in [1.165, 1.54) is 71.8 Å². The van der Waals surface area contributed by atoms with E-state index in [2.05, 4.69) is 139 Å². The van der Waals surface area contributed by atoms with Gasteiger partial charge >= 0.3 is 0 Å². The number of dihydropyridines is 2. The van der Waals surface area contributed by atoms with Crippen molar-refractivity contribution in [2.24, 2.45) is 0 Å². The summed E-state index contributed by atoms with van der Waals surface area (Å²) in [6.45, 7) is 7.94. The predicted molar refractivity (Wildman–Crippen MR) is 164 cm³/mol. The van der Waals surface area contributed by atoms with Gasteiger partial charge in [0.25, 0.3) is 0 Å². The number of nitrogens with one attached hydrogen (secondary N) is 2. The van der Waals surface area contributed by atoms with Crippen molar-refractivity contribution < 1.29 is 0 Å². The van der Waals surface area contributed by atoms with Crippen LogP contribution in [0, 0.1) is 0 Å². The number of benzene rings is 4. The van der Waals surface area contributed by atoms with Gasteiger partial charge in [0.2, 0.25) is 0 Å². The first-order valence-electron chi connectivity index (χ1n) is 13.9. The molecular formula is C36H31N3. The molecule has 0 spiro atoms. The summed E-state index contributed by atoms with van der Waals surface area (Å²) in [6.07, 6.45) is 6.64. The highest BCUT2D eigenvalue weighted by Gasteiger charge is 2.44. The number of fused-ring (bicyclic) bond motifs is 6. The summed E-state index contributed by atoms with van der Waals surface area (Å²) >= 11 is 0. The van der Waals surface area contributed by atoms with E-state index in [0.29, 0.717) is 0 Å². The van der Waals surface area contributed by atoms with Crippen LogP contribution in [0.3, 0.4) is 0 Å². The molecule has 2 aliphatic heterocycles.